The van der Waals surface area contributed by atoms with Gasteiger partial charge < -0.3 is 24.4 Å². The normalized spacial score (nSPS) is 11.6. The second-order valence-corrected chi connectivity index (χ2v) is 12.6. The number of halogens is 2. The van der Waals surface area contributed by atoms with Crippen LogP contribution in [0.1, 0.15) is 32.8 Å². The highest BCUT2D eigenvalue weighted by Crippen LogP contribution is 2.41. The van der Waals surface area contributed by atoms with E-state index in [1.807, 2.05) is 97.9 Å². The third kappa shape index (κ3) is 7.24. The maximum absolute atomic E-state index is 14.3. The molecule has 47 heavy (non-hydrogen) atoms. The van der Waals surface area contributed by atoms with E-state index in [0.29, 0.717) is 37.3 Å². The lowest BCUT2D eigenvalue weighted by molar-refractivity contribution is -0.134. The highest BCUT2D eigenvalue weighted by atomic mass is 79.9. The van der Waals surface area contributed by atoms with Crippen molar-refractivity contribution in [3.63, 3.8) is 0 Å². The lowest BCUT2D eigenvalue weighted by Crippen LogP contribution is -2.38. The summed E-state index contributed by atoms with van der Waals surface area (Å²) in [4.78, 5) is 25.9. The number of hydrogen-bond donors (Lipinski definition) is 2. The van der Waals surface area contributed by atoms with Gasteiger partial charge in [-0.2, -0.15) is 0 Å². The summed E-state index contributed by atoms with van der Waals surface area (Å²) in [6.45, 7) is 2.29. The summed E-state index contributed by atoms with van der Waals surface area (Å²) < 4.78 is 18.5. The summed E-state index contributed by atoms with van der Waals surface area (Å²) in [5, 5.41) is 19.2. The van der Waals surface area contributed by atoms with E-state index in [4.69, 9.17) is 14.0 Å². The van der Waals surface area contributed by atoms with Gasteiger partial charge in [0.1, 0.15) is 28.5 Å². The van der Waals surface area contributed by atoms with Crippen molar-refractivity contribution in [2.24, 2.45) is 0 Å². The van der Waals surface area contributed by atoms with E-state index in [0.717, 1.165) is 21.9 Å². The highest BCUT2D eigenvalue weighted by molar-refractivity contribution is 9.11. The van der Waals surface area contributed by atoms with Gasteiger partial charge in [-0.15, -0.1) is 0 Å². The molecule has 1 heterocycles. The van der Waals surface area contributed by atoms with Crippen molar-refractivity contribution in [2.45, 2.75) is 26.0 Å². The molecule has 1 aromatic heterocycles. The largest absolute Gasteiger partial charge is 0.506 e. The third-order valence-electron chi connectivity index (χ3n) is 7.58. The van der Waals surface area contributed by atoms with E-state index in [1.54, 1.807) is 12.1 Å². The number of phenolic OH excluding ortho intramolecular Hbond substituents is 1. The van der Waals surface area contributed by atoms with Crippen LogP contribution in [0.4, 0.5) is 0 Å². The summed E-state index contributed by atoms with van der Waals surface area (Å²) >= 11 is 6.66. The van der Waals surface area contributed by atoms with Gasteiger partial charge in [-0.3, -0.25) is 9.59 Å². The molecule has 0 aliphatic rings. The predicted molar refractivity (Wildman–Crippen MR) is 186 cm³/mol. The predicted octanol–water partition coefficient (Wildman–Crippen LogP) is 8.89. The maximum atomic E-state index is 14.3. The first-order valence-corrected chi connectivity index (χ1v) is 16.2. The number of aromatic nitrogens is 1. The fourth-order valence-electron chi connectivity index (χ4n) is 5.31. The van der Waals surface area contributed by atoms with Crippen molar-refractivity contribution < 1.29 is 28.7 Å². The Morgan fingerprint density at radius 1 is 0.936 bits per heavy atom. The average Bonchev–Trinajstić information content (AvgIpc) is 3.48. The Bertz CT molecular complexity index is 2040. The van der Waals surface area contributed by atoms with Crippen LogP contribution in [0.5, 0.6) is 17.2 Å². The van der Waals surface area contributed by atoms with Crippen LogP contribution in [0, 0.1) is 6.92 Å². The molecule has 1 atom stereocenters. The molecule has 10 heteroatoms. The summed E-state index contributed by atoms with van der Waals surface area (Å²) in [5.74, 6) is 0.914. The third-order valence-corrected chi connectivity index (χ3v) is 8.79. The van der Waals surface area contributed by atoms with E-state index >= 15 is 0 Å². The first-order chi connectivity index (χ1) is 22.8. The molecule has 6 rings (SSSR count). The topological polar surface area (TPSA) is 111 Å². The van der Waals surface area contributed by atoms with Crippen LogP contribution >= 0.6 is 31.9 Å². The van der Waals surface area contributed by atoms with Gasteiger partial charge in [0.05, 0.1) is 14.5 Å². The monoisotopic (exact) mass is 754 g/mol. The van der Waals surface area contributed by atoms with Gasteiger partial charge in [-0.25, -0.2) is 0 Å². The SMILES string of the molecule is Cc1ccc(Cc2onc(-c3c(Oc4ccccc4)ccc4ccccc34)c2C(=O)N[C@@H](Cc2cc(Br)c(O)c(Br)c2)OC=O)cc1. The Kier molecular flexibility index (Phi) is 9.70. The van der Waals surface area contributed by atoms with Crippen molar-refractivity contribution in [2.75, 3.05) is 0 Å². The number of ether oxygens (including phenoxy) is 2. The Morgan fingerprint density at radius 2 is 1.64 bits per heavy atom. The molecule has 0 unspecified atom stereocenters. The van der Waals surface area contributed by atoms with Crippen LogP contribution in [0.15, 0.2) is 117 Å². The summed E-state index contributed by atoms with van der Waals surface area (Å²) in [5.41, 5.74) is 3.76. The fraction of sp³-hybridized carbons (Fsp3) is 0.108. The second kappa shape index (κ2) is 14.2. The number of rotatable bonds is 11. The lowest BCUT2D eigenvalue weighted by atomic mass is 9.96. The zero-order valence-corrected chi connectivity index (χ0v) is 28.2. The molecular weight excluding hydrogens is 728 g/mol. The van der Waals surface area contributed by atoms with Crippen LogP contribution in [-0.4, -0.2) is 28.9 Å². The summed E-state index contributed by atoms with van der Waals surface area (Å²) in [7, 11) is 0. The number of nitrogens with one attached hydrogen (secondary N) is 1. The standard InChI is InChI=1S/C37H28Br2N2O6/c1-22-11-13-23(14-12-22)19-31-34(37(44)40-32(45-21-42)20-24-17-28(38)36(43)29(39)18-24)35(41-47-31)33-27-10-6-5-7-25(27)15-16-30(33)46-26-8-3-2-4-9-26/h2-18,21,32,43H,19-20H2,1H3,(H,40,44)/t32-/m1/s1. The zero-order valence-electron chi connectivity index (χ0n) is 25.1. The molecule has 6 aromatic rings. The van der Waals surface area contributed by atoms with E-state index in [9.17, 15) is 14.7 Å². The molecule has 5 aromatic carbocycles. The van der Waals surface area contributed by atoms with Crippen molar-refractivity contribution >= 4 is 55.0 Å². The minimum Gasteiger partial charge on any atom is -0.506 e. The fourth-order valence-corrected chi connectivity index (χ4v) is 6.59. The molecule has 236 valence electrons. The quantitative estimate of drug-likeness (QED) is 0.100. The molecule has 0 saturated heterocycles. The highest BCUT2D eigenvalue weighted by Gasteiger charge is 2.29. The van der Waals surface area contributed by atoms with Gasteiger partial charge in [0.25, 0.3) is 12.4 Å². The van der Waals surface area contributed by atoms with Crippen LogP contribution in [0.3, 0.4) is 0 Å². The number of benzene rings is 5. The minimum atomic E-state index is -1.05. The van der Waals surface area contributed by atoms with Gasteiger partial charge in [-0.1, -0.05) is 83.5 Å². The molecule has 0 aliphatic carbocycles. The molecule has 1 amide bonds. The number of aromatic hydroxyl groups is 1. The smallest absolute Gasteiger partial charge is 0.295 e. The molecule has 0 spiro atoms. The Hall–Kier alpha value is -4.93. The Morgan fingerprint density at radius 3 is 2.36 bits per heavy atom. The number of amides is 1. The van der Waals surface area contributed by atoms with Crippen LogP contribution < -0.4 is 10.1 Å². The van der Waals surface area contributed by atoms with Gasteiger partial charge in [0, 0.05) is 12.8 Å². The van der Waals surface area contributed by atoms with Crippen molar-refractivity contribution in [1.82, 2.24) is 10.5 Å². The summed E-state index contributed by atoms with van der Waals surface area (Å²) in [6, 6.07) is 32.2. The van der Waals surface area contributed by atoms with Gasteiger partial charge in [0.2, 0.25) is 0 Å². The van der Waals surface area contributed by atoms with E-state index in [-0.39, 0.29) is 36.3 Å². The van der Waals surface area contributed by atoms with E-state index in [1.165, 1.54) is 0 Å². The number of fused-ring (bicyclic) bond motifs is 1. The van der Waals surface area contributed by atoms with Gasteiger partial charge >= 0.3 is 0 Å². The second-order valence-electron chi connectivity index (χ2n) is 10.9. The molecule has 0 aliphatic heterocycles. The van der Waals surface area contributed by atoms with Crippen LogP contribution in [-0.2, 0) is 22.4 Å². The van der Waals surface area contributed by atoms with Crippen LogP contribution in [0.25, 0.3) is 22.0 Å². The number of nitrogens with zero attached hydrogens (tertiary/aromatic N) is 1. The number of phenols is 1. The van der Waals surface area contributed by atoms with E-state index < -0.39 is 12.1 Å². The molecule has 0 bridgehead atoms. The van der Waals surface area contributed by atoms with Crippen molar-refractivity contribution in [1.29, 1.82) is 0 Å². The number of hydrogen-bond acceptors (Lipinski definition) is 7. The maximum Gasteiger partial charge on any atom is 0.295 e. The number of carbonyl (C=O) groups is 2. The molecule has 8 nitrogen and oxygen atoms in total. The molecular formula is C37H28Br2N2O6. The average molecular weight is 756 g/mol. The number of carbonyl (C=O) groups excluding carboxylic acids is 2. The summed E-state index contributed by atoms with van der Waals surface area (Å²) in [6.07, 6.45) is -0.648. The molecule has 0 radical (unpaired) electrons. The molecule has 0 saturated carbocycles. The Balaban J connectivity index is 1.46. The lowest BCUT2D eigenvalue weighted by Gasteiger charge is -2.18. The number of aryl methyl sites for hydroxylation is 1. The zero-order chi connectivity index (χ0) is 32.9. The van der Waals surface area contributed by atoms with Crippen molar-refractivity contribution in [3.05, 3.63) is 140 Å². The van der Waals surface area contributed by atoms with E-state index in [2.05, 4.69) is 42.3 Å². The molecule has 2 N–H and O–H groups in total. The van der Waals surface area contributed by atoms with Gasteiger partial charge in [0.15, 0.2) is 12.0 Å². The van der Waals surface area contributed by atoms with Crippen molar-refractivity contribution in [3.8, 4) is 28.5 Å². The minimum absolute atomic E-state index is 0.0316. The first-order valence-electron chi connectivity index (χ1n) is 14.7. The molecule has 0 fully saturated rings. The first kappa shape index (κ1) is 32.0. The number of para-hydroxylation sites is 1. The Labute approximate surface area is 287 Å². The van der Waals surface area contributed by atoms with Gasteiger partial charge in [-0.05, 0) is 91.0 Å². The van der Waals surface area contributed by atoms with Crippen LogP contribution in [0.2, 0.25) is 0 Å².